The minimum atomic E-state index is 0.107. The van der Waals surface area contributed by atoms with E-state index in [0.717, 1.165) is 40.4 Å². The molecule has 0 aliphatic carbocycles. The van der Waals surface area contributed by atoms with Crippen LogP contribution in [0.2, 0.25) is 0 Å². The molecule has 94 valence electrons. The molecule has 0 aromatic heterocycles. The normalized spacial score (nSPS) is 10.4. The third kappa shape index (κ3) is 4.43. The molecule has 0 aliphatic rings. The number of amides is 1. The maximum atomic E-state index is 12.3. The van der Waals surface area contributed by atoms with Crippen LogP contribution in [-0.2, 0) is 0 Å². The van der Waals surface area contributed by atoms with Gasteiger partial charge in [-0.1, -0.05) is 45.7 Å². The summed E-state index contributed by atoms with van der Waals surface area (Å²) >= 11 is 6.82. The summed E-state index contributed by atoms with van der Waals surface area (Å²) in [5, 5.41) is 0. The monoisotopic (exact) mass is 361 g/mol. The second-order valence-electron chi connectivity index (χ2n) is 3.95. The van der Waals surface area contributed by atoms with Gasteiger partial charge in [0.05, 0.1) is 0 Å². The number of benzene rings is 1. The van der Waals surface area contributed by atoms with Crippen molar-refractivity contribution in [1.29, 1.82) is 0 Å². The van der Waals surface area contributed by atoms with Crippen LogP contribution in [0.5, 0.6) is 0 Å². The van der Waals surface area contributed by atoms with E-state index < -0.39 is 0 Å². The summed E-state index contributed by atoms with van der Waals surface area (Å²) in [5.41, 5.74) is 0.730. The summed E-state index contributed by atoms with van der Waals surface area (Å²) in [6.07, 6.45) is 1.97. The molecule has 0 saturated carbocycles. The zero-order chi connectivity index (χ0) is 12.8. The Morgan fingerprint density at radius 2 is 1.53 bits per heavy atom. The maximum absolute atomic E-state index is 12.3. The van der Waals surface area contributed by atoms with E-state index in [1.165, 1.54) is 0 Å². The number of nitrogens with zero attached hydrogens (tertiary/aromatic N) is 1. The number of hydrogen-bond acceptors (Lipinski definition) is 1. The number of carbonyl (C=O) groups excluding carboxylic acids is 1. The van der Waals surface area contributed by atoms with Gasteiger partial charge in [0.2, 0.25) is 0 Å². The Morgan fingerprint density at radius 1 is 1.06 bits per heavy atom. The molecule has 0 spiro atoms. The van der Waals surface area contributed by atoms with Crippen LogP contribution in [0, 0.1) is 0 Å². The van der Waals surface area contributed by atoms with Crippen LogP contribution < -0.4 is 0 Å². The summed E-state index contributed by atoms with van der Waals surface area (Å²) in [5.74, 6) is 0.107. The lowest BCUT2D eigenvalue weighted by atomic mass is 10.2. The van der Waals surface area contributed by atoms with E-state index in [1.54, 1.807) is 0 Å². The van der Waals surface area contributed by atoms with Crippen molar-refractivity contribution in [3.63, 3.8) is 0 Å². The van der Waals surface area contributed by atoms with Crippen LogP contribution in [0.1, 0.15) is 37.0 Å². The lowest BCUT2D eigenvalue weighted by Crippen LogP contribution is -2.32. The van der Waals surface area contributed by atoms with E-state index in [9.17, 15) is 4.79 Å². The molecule has 0 atom stereocenters. The smallest absolute Gasteiger partial charge is 0.253 e. The summed E-state index contributed by atoms with van der Waals surface area (Å²) in [7, 11) is 0. The molecule has 0 unspecified atom stereocenters. The molecule has 17 heavy (non-hydrogen) atoms. The highest BCUT2D eigenvalue weighted by atomic mass is 79.9. The van der Waals surface area contributed by atoms with E-state index in [2.05, 4.69) is 45.7 Å². The lowest BCUT2D eigenvalue weighted by molar-refractivity contribution is 0.0755. The fourth-order valence-corrected chi connectivity index (χ4v) is 3.01. The third-order valence-electron chi connectivity index (χ3n) is 2.38. The van der Waals surface area contributed by atoms with E-state index in [-0.39, 0.29) is 5.91 Å². The Kier molecular flexibility index (Phi) is 6.20. The van der Waals surface area contributed by atoms with Crippen LogP contribution >= 0.6 is 31.9 Å². The fraction of sp³-hybridized carbons (Fsp3) is 0.462. The van der Waals surface area contributed by atoms with Crippen LogP contribution in [-0.4, -0.2) is 23.9 Å². The molecule has 0 radical (unpaired) electrons. The first kappa shape index (κ1) is 14.7. The molecule has 1 aromatic carbocycles. The van der Waals surface area contributed by atoms with E-state index in [4.69, 9.17) is 0 Å². The van der Waals surface area contributed by atoms with Crippen LogP contribution in [0.15, 0.2) is 27.1 Å². The summed E-state index contributed by atoms with van der Waals surface area (Å²) < 4.78 is 1.84. The molecule has 1 aromatic rings. The highest BCUT2D eigenvalue weighted by molar-refractivity contribution is 9.11. The standard InChI is InChI=1S/C13H17Br2NO/c1-3-5-16(6-4-2)13(17)10-7-11(14)9-12(15)8-10/h7-9H,3-6H2,1-2H3. The number of rotatable bonds is 5. The van der Waals surface area contributed by atoms with Crippen molar-refractivity contribution in [1.82, 2.24) is 4.90 Å². The van der Waals surface area contributed by atoms with Gasteiger partial charge in [0.25, 0.3) is 5.91 Å². The first-order valence-corrected chi connectivity index (χ1v) is 7.42. The van der Waals surface area contributed by atoms with Gasteiger partial charge < -0.3 is 4.90 Å². The molecule has 1 amide bonds. The Balaban J connectivity index is 2.92. The summed E-state index contributed by atoms with van der Waals surface area (Å²) in [6.45, 7) is 5.81. The van der Waals surface area contributed by atoms with E-state index in [1.807, 2.05) is 23.1 Å². The Labute approximate surface area is 120 Å². The zero-order valence-corrected chi connectivity index (χ0v) is 13.3. The molecular formula is C13H17Br2NO. The number of carbonyl (C=O) groups is 1. The zero-order valence-electron chi connectivity index (χ0n) is 10.2. The predicted molar refractivity (Wildman–Crippen MR) is 78.3 cm³/mol. The van der Waals surface area contributed by atoms with E-state index in [0.29, 0.717) is 0 Å². The predicted octanol–water partition coefficient (Wildman–Crippen LogP) is 4.47. The van der Waals surface area contributed by atoms with Crippen molar-refractivity contribution >= 4 is 37.8 Å². The second kappa shape index (κ2) is 7.17. The van der Waals surface area contributed by atoms with Gasteiger partial charge in [0.15, 0.2) is 0 Å². The van der Waals surface area contributed by atoms with Gasteiger partial charge in [-0.05, 0) is 31.0 Å². The molecule has 4 heteroatoms. The van der Waals surface area contributed by atoms with Gasteiger partial charge in [-0.3, -0.25) is 4.79 Å². The number of hydrogen-bond donors (Lipinski definition) is 0. The molecule has 0 heterocycles. The average Bonchev–Trinajstić information content (AvgIpc) is 2.26. The summed E-state index contributed by atoms with van der Waals surface area (Å²) in [4.78, 5) is 14.2. The highest BCUT2D eigenvalue weighted by Gasteiger charge is 2.14. The fourth-order valence-electron chi connectivity index (χ4n) is 1.71. The van der Waals surface area contributed by atoms with Gasteiger partial charge in [-0.2, -0.15) is 0 Å². The first-order chi connectivity index (χ1) is 8.08. The molecule has 0 bridgehead atoms. The molecule has 0 N–H and O–H groups in total. The van der Waals surface area contributed by atoms with Crippen molar-refractivity contribution in [2.24, 2.45) is 0 Å². The average molecular weight is 363 g/mol. The van der Waals surface area contributed by atoms with E-state index >= 15 is 0 Å². The largest absolute Gasteiger partial charge is 0.339 e. The Bertz CT molecular complexity index is 367. The second-order valence-corrected chi connectivity index (χ2v) is 5.78. The number of halogens is 2. The van der Waals surface area contributed by atoms with Gasteiger partial charge in [-0.15, -0.1) is 0 Å². The molecule has 2 nitrogen and oxygen atoms in total. The van der Waals surface area contributed by atoms with Crippen LogP contribution in [0.4, 0.5) is 0 Å². The van der Waals surface area contributed by atoms with Gasteiger partial charge in [-0.25, -0.2) is 0 Å². The molecule has 0 fully saturated rings. The Hall–Kier alpha value is -0.350. The van der Waals surface area contributed by atoms with Gasteiger partial charge in [0, 0.05) is 27.6 Å². The summed E-state index contributed by atoms with van der Waals surface area (Å²) in [6, 6.07) is 5.66. The maximum Gasteiger partial charge on any atom is 0.253 e. The SMILES string of the molecule is CCCN(CCC)C(=O)c1cc(Br)cc(Br)c1. The van der Waals surface area contributed by atoms with Crippen molar-refractivity contribution in [3.8, 4) is 0 Å². The van der Waals surface area contributed by atoms with Gasteiger partial charge in [0.1, 0.15) is 0 Å². The first-order valence-electron chi connectivity index (χ1n) is 5.83. The van der Waals surface area contributed by atoms with Crippen molar-refractivity contribution in [3.05, 3.63) is 32.7 Å². The quantitative estimate of drug-likeness (QED) is 0.756. The van der Waals surface area contributed by atoms with Crippen molar-refractivity contribution in [2.75, 3.05) is 13.1 Å². The van der Waals surface area contributed by atoms with Gasteiger partial charge >= 0.3 is 0 Å². The molecular weight excluding hydrogens is 346 g/mol. The van der Waals surface area contributed by atoms with Crippen molar-refractivity contribution < 1.29 is 4.79 Å². The topological polar surface area (TPSA) is 20.3 Å². The van der Waals surface area contributed by atoms with Crippen LogP contribution in [0.25, 0.3) is 0 Å². The minimum Gasteiger partial charge on any atom is -0.339 e. The van der Waals surface area contributed by atoms with Crippen molar-refractivity contribution in [2.45, 2.75) is 26.7 Å². The third-order valence-corrected chi connectivity index (χ3v) is 3.30. The van der Waals surface area contributed by atoms with Crippen LogP contribution in [0.3, 0.4) is 0 Å². The Morgan fingerprint density at radius 3 is 1.94 bits per heavy atom. The molecule has 1 rings (SSSR count). The lowest BCUT2D eigenvalue weighted by Gasteiger charge is -2.21. The molecule has 0 aliphatic heterocycles. The highest BCUT2D eigenvalue weighted by Crippen LogP contribution is 2.21. The molecule has 0 saturated heterocycles. The minimum absolute atomic E-state index is 0.107.